The summed E-state index contributed by atoms with van der Waals surface area (Å²) in [4.78, 5) is 16.0. The maximum absolute atomic E-state index is 12.2. The van der Waals surface area contributed by atoms with E-state index in [0.717, 1.165) is 12.0 Å². The minimum Gasteiger partial charge on any atom is -0.492 e. The van der Waals surface area contributed by atoms with Crippen LogP contribution in [0.5, 0.6) is 5.75 Å². The second kappa shape index (κ2) is 3.62. The molecule has 5 nitrogen and oxygen atoms in total. The first-order valence-corrected chi connectivity index (χ1v) is 5.34. The Morgan fingerprint density at radius 3 is 3.12 bits per heavy atom. The number of benzene rings is 1. The molecule has 0 bridgehead atoms. The highest BCUT2D eigenvalue weighted by Crippen LogP contribution is 2.34. The van der Waals surface area contributed by atoms with Gasteiger partial charge in [0.2, 0.25) is 0 Å². The summed E-state index contributed by atoms with van der Waals surface area (Å²) in [5.41, 5.74) is 7.99. The van der Waals surface area contributed by atoms with Gasteiger partial charge in [-0.05, 0) is 12.1 Å². The Balaban J connectivity index is 2.11. The van der Waals surface area contributed by atoms with Crippen molar-refractivity contribution in [2.24, 2.45) is 0 Å². The first-order chi connectivity index (χ1) is 8.27. The van der Waals surface area contributed by atoms with Gasteiger partial charge in [-0.15, -0.1) is 0 Å². The van der Waals surface area contributed by atoms with Crippen LogP contribution in [0.1, 0.15) is 15.9 Å². The number of nitrogens with zero attached hydrogens (tertiary/aromatic N) is 2. The van der Waals surface area contributed by atoms with E-state index >= 15 is 0 Å². The van der Waals surface area contributed by atoms with Crippen LogP contribution >= 0.6 is 0 Å². The second-order valence-electron chi connectivity index (χ2n) is 3.88. The highest BCUT2D eigenvalue weighted by atomic mass is 16.5. The zero-order valence-corrected chi connectivity index (χ0v) is 9.09. The Labute approximate surface area is 97.8 Å². The van der Waals surface area contributed by atoms with Crippen molar-refractivity contribution in [3.05, 3.63) is 42.0 Å². The van der Waals surface area contributed by atoms with Gasteiger partial charge in [-0.1, -0.05) is 0 Å². The van der Waals surface area contributed by atoms with Crippen molar-refractivity contribution in [2.75, 3.05) is 12.3 Å². The lowest BCUT2D eigenvalue weighted by Crippen LogP contribution is -2.11. The van der Waals surface area contributed by atoms with Gasteiger partial charge in [0.15, 0.2) is 0 Å². The van der Waals surface area contributed by atoms with Crippen molar-refractivity contribution in [3.8, 4) is 5.75 Å². The minimum atomic E-state index is -0.152. The van der Waals surface area contributed by atoms with Crippen LogP contribution in [0.2, 0.25) is 0 Å². The molecule has 0 fully saturated rings. The highest BCUT2D eigenvalue weighted by molar-refractivity contribution is 5.99. The van der Waals surface area contributed by atoms with Crippen LogP contribution in [0.25, 0.3) is 0 Å². The third-order valence-corrected chi connectivity index (χ3v) is 2.86. The predicted molar refractivity (Wildman–Crippen MR) is 62.0 cm³/mol. The fourth-order valence-corrected chi connectivity index (χ4v) is 2.01. The van der Waals surface area contributed by atoms with Crippen LogP contribution in [0, 0.1) is 0 Å². The maximum Gasteiger partial charge on any atom is 0.266 e. The van der Waals surface area contributed by atoms with Gasteiger partial charge in [0.25, 0.3) is 5.91 Å². The Morgan fingerprint density at radius 2 is 2.35 bits per heavy atom. The third kappa shape index (κ3) is 1.47. The molecule has 1 aromatic heterocycles. The van der Waals surface area contributed by atoms with Gasteiger partial charge in [-0.2, -0.15) is 0 Å². The molecule has 86 valence electrons. The largest absolute Gasteiger partial charge is 0.492 e. The van der Waals surface area contributed by atoms with Crippen molar-refractivity contribution in [3.63, 3.8) is 0 Å². The van der Waals surface area contributed by atoms with E-state index in [1.54, 1.807) is 24.5 Å². The summed E-state index contributed by atoms with van der Waals surface area (Å²) >= 11 is 0. The number of hydrogen-bond acceptors (Lipinski definition) is 4. The second-order valence-corrected chi connectivity index (χ2v) is 3.88. The van der Waals surface area contributed by atoms with Crippen LogP contribution in [0.15, 0.2) is 30.9 Å². The zero-order valence-electron chi connectivity index (χ0n) is 9.09. The standard InChI is InChI=1S/C12H11N3O2/c13-10-2-1-9(11-8(10)3-6-17-11)12(16)15-5-4-14-7-15/h1-2,4-5,7H,3,6,13H2. The molecular weight excluding hydrogens is 218 g/mol. The molecule has 0 saturated carbocycles. The number of ether oxygens (including phenoxy) is 1. The fraction of sp³-hybridized carbons (Fsp3) is 0.167. The SMILES string of the molecule is Nc1ccc(C(=O)n2ccnc2)c2c1CCO2. The molecule has 0 atom stereocenters. The summed E-state index contributed by atoms with van der Waals surface area (Å²) in [5, 5.41) is 0. The van der Waals surface area contributed by atoms with E-state index in [1.165, 1.54) is 10.9 Å². The molecule has 0 amide bonds. The minimum absolute atomic E-state index is 0.152. The molecule has 2 heterocycles. The van der Waals surface area contributed by atoms with Gasteiger partial charge in [0, 0.05) is 30.1 Å². The van der Waals surface area contributed by atoms with Crippen molar-refractivity contribution in [2.45, 2.75) is 6.42 Å². The molecule has 1 aromatic carbocycles. The van der Waals surface area contributed by atoms with Gasteiger partial charge in [0.05, 0.1) is 12.2 Å². The molecule has 2 N–H and O–H groups in total. The van der Waals surface area contributed by atoms with E-state index in [-0.39, 0.29) is 5.91 Å². The number of carbonyl (C=O) groups excluding carboxylic acids is 1. The quantitative estimate of drug-likeness (QED) is 0.743. The van der Waals surface area contributed by atoms with Crippen molar-refractivity contribution < 1.29 is 9.53 Å². The molecule has 0 unspecified atom stereocenters. The van der Waals surface area contributed by atoms with Crippen molar-refractivity contribution in [1.29, 1.82) is 0 Å². The maximum atomic E-state index is 12.2. The molecule has 3 rings (SSSR count). The number of fused-ring (bicyclic) bond motifs is 1. The monoisotopic (exact) mass is 229 g/mol. The zero-order chi connectivity index (χ0) is 11.8. The lowest BCUT2D eigenvalue weighted by atomic mass is 10.1. The van der Waals surface area contributed by atoms with Gasteiger partial charge >= 0.3 is 0 Å². The fourth-order valence-electron chi connectivity index (χ4n) is 2.01. The Bertz CT molecular complexity index is 576. The third-order valence-electron chi connectivity index (χ3n) is 2.86. The normalized spacial score (nSPS) is 13.2. The highest BCUT2D eigenvalue weighted by Gasteiger charge is 2.23. The first-order valence-electron chi connectivity index (χ1n) is 5.34. The summed E-state index contributed by atoms with van der Waals surface area (Å²) in [6, 6.07) is 3.44. The van der Waals surface area contributed by atoms with Crippen LogP contribution in [-0.4, -0.2) is 22.1 Å². The molecule has 0 radical (unpaired) electrons. The Kier molecular flexibility index (Phi) is 2.11. The number of imidazole rings is 1. The number of rotatable bonds is 1. The molecule has 0 spiro atoms. The Morgan fingerprint density at radius 1 is 1.47 bits per heavy atom. The van der Waals surface area contributed by atoms with E-state index < -0.39 is 0 Å². The van der Waals surface area contributed by atoms with Crippen LogP contribution < -0.4 is 10.5 Å². The van der Waals surface area contributed by atoms with Crippen molar-refractivity contribution >= 4 is 11.6 Å². The van der Waals surface area contributed by atoms with E-state index in [2.05, 4.69) is 4.98 Å². The van der Waals surface area contributed by atoms with Crippen molar-refractivity contribution in [1.82, 2.24) is 9.55 Å². The number of nitrogens with two attached hydrogens (primary N) is 1. The molecule has 0 aliphatic carbocycles. The summed E-state index contributed by atoms with van der Waals surface area (Å²) in [6.07, 6.45) is 5.41. The summed E-state index contributed by atoms with van der Waals surface area (Å²) < 4.78 is 6.92. The summed E-state index contributed by atoms with van der Waals surface area (Å²) in [5.74, 6) is 0.462. The van der Waals surface area contributed by atoms with E-state index in [0.29, 0.717) is 23.6 Å². The van der Waals surface area contributed by atoms with Gasteiger partial charge < -0.3 is 10.5 Å². The lowest BCUT2D eigenvalue weighted by Gasteiger charge is -2.08. The molecule has 5 heteroatoms. The van der Waals surface area contributed by atoms with Crippen LogP contribution in [0.3, 0.4) is 0 Å². The van der Waals surface area contributed by atoms with Gasteiger partial charge in [-0.25, -0.2) is 4.98 Å². The van der Waals surface area contributed by atoms with E-state index in [4.69, 9.17) is 10.5 Å². The average molecular weight is 229 g/mol. The molecule has 17 heavy (non-hydrogen) atoms. The topological polar surface area (TPSA) is 70.1 Å². The van der Waals surface area contributed by atoms with Crippen LogP contribution in [0.4, 0.5) is 5.69 Å². The number of hydrogen-bond donors (Lipinski definition) is 1. The number of nitrogen functional groups attached to an aromatic ring is 1. The van der Waals surface area contributed by atoms with E-state index in [9.17, 15) is 4.79 Å². The van der Waals surface area contributed by atoms with E-state index in [1.807, 2.05) is 0 Å². The van der Waals surface area contributed by atoms with Gasteiger partial charge in [-0.3, -0.25) is 9.36 Å². The molecule has 0 saturated heterocycles. The molecule has 2 aromatic rings. The average Bonchev–Trinajstić information content (AvgIpc) is 3.00. The lowest BCUT2D eigenvalue weighted by molar-refractivity contribution is 0.0956. The molecule has 1 aliphatic heterocycles. The summed E-state index contributed by atoms with van der Waals surface area (Å²) in [7, 11) is 0. The summed E-state index contributed by atoms with van der Waals surface area (Å²) in [6.45, 7) is 0.577. The van der Waals surface area contributed by atoms with Gasteiger partial charge in [0.1, 0.15) is 12.1 Å². The number of anilines is 1. The Hall–Kier alpha value is -2.30. The van der Waals surface area contributed by atoms with Crippen LogP contribution in [-0.2, 0) is 6.42 Å². The smallest absolute Gasteiger partial charge is 0.266 e. The first kappa shape index (κ1) is 9.89. The molecule has 1 aliphatic rings. The number of carbonyl (C=O) groups is 1. The predicted octanol–water partition coefficient (Wildman–Crippen LogP) is 1.09. The molecular formula is C12H11N3O2. The number of aromatic nitrogens is 2.